The van der Waals surface area contributed by atoms with Crippen LogP contribution in [0.25, 0.3) is 21.6 Å². The molecule has 6 rings (SSSR count). The third-order valence-electron chi connectivity index (χ3n) is 19.1. The summed E-state index contributed by atoms with van der Waals surface area (Å²) < 4.78 is 21.5. The van der Waals surface area contributed by atoms with Gasteiger partial charge in [0.15, 0.2) is 5.82 Å². The van der Waals surface area contributed by atoms with Gasteiger partial charge in [0.2, 0.25) is 70.9 Å². The molecule has 1 fully saturated rings. The summed E-state index contributed by atoms with van der Waals surface area (Å²) in [6.07, 6.45) is -1.33. The van der Waals surface area contributed by atoms with E-state index in [0.29, 0.717) is 69.5 Å². The fourth-order valence-electron chi connectivity index (χ4n) is 12.8. The van der Waals surface area contributed by atoms with Crippen molar-refractivity contribution in [3.05, 3.63) is 140 Å². The molecule has 1 saturated heterocycles. The van der Waals surface area contributed by atoms with E-state index in [9.17, 15) is 77.6 Å². The number of hydrogen-bond donors (Lipinski definition) is 15. The summed E-state index contributed by atoms with van der Waals surface area (Å²) in [6.45, 7) is 14.0. The number of primary amides is 1. The molecule has 622 valence electrons. The topological polar surface area (TPSA) is 545 Å². The van der Waals surface area contributed by atoms with Gasteiger partial charge in [0, 0.05) is 63.2 Å². The number of piperidine rings is 1. The Kier molecular flexibility index (Phi) is 35.5. The molecular formula is C78H106FN19O17. The van der Waals surface area contributed by atoms with Crippen LogP contribution in [0, 0.1) is 25.1 Å². The van der Waals surface area contributed by atoms with Gasteiger partial charge < -0.3 is 83.9 Å². The highest BCUT2D eigenvalue weighted by Crippen LogP contribution is 2.30. The number of unbranched alkanes of at least 4 members (excludes halogenated alkanes) is 1. The van der Waals surface area contributed by atoms with Crippen molar-refractivity contribution in [2.24, 2.45) is 16.3 Å². The Morgan fingerprint density at radius 3 is 2.00 bits per heavy atom. The number of nitrogens with zero attached hydrogens (tertiary/aromatic N) is 7. The zero-order chi connectivity index (χ0) is 84.7. The maximum atomic E-state index is 15.5. The number of aromatic nitrogens is 4. The number of carbonyl (C=O) groups excluding carboxylic acids is 12. The number of ether oxygens (including phenoxy) is 1. The fraction of sp³-hybridized carbons (Fsp3) is 0.513. The van der Waals surface area contributed by atoms with Gasteiger partial charge in [-0.15, -0.1) is 10.2 Å². The molecule has 1 aliphatic rings. The molecule has 2 heterocycles. The molecule has 0 aliphatic carbocycles. The largest absolute Gasteiger partial charge is 0.494 e. The van der Waals surface area contributed by atoms with Crippen LogP contribution in [0.15, 0.2) is 90.0 Å². The van der Waals surface area contributed by atoms with Crippen molar-refractivity contribution < 1.29 is 86.8 Å². The second-order valence-corrected chi connectivity index (χ2v) is 29.5. The monoisotopic (exact) mass is 1600 g/mol. The van der Waals surface area contributed by atoms with Crippen LogP contribution in [0.4, 0.5) is 4.39 Å². The van der Waals surface area contributed by atoms with Crippen molar-refractivity contribution in [1.29, 1.82) is 0 Å². The van der Waals surface area contributed by atoms with Gasteiger partial charge in [0.1, 0.15) is 59.4 Å². The van der Waals surface area contributed by atoms with Crippen LogP contribution in [0.3, 0.4) is 0 Å². The summed E-state index contributed by atoms with van der Waals surface area (Å²) in [7, 11) is 0. The summed E-state index contributed by atoms with van der Waals surface area (Å²) >= 11 is 0. The number of amides is 12. The smallest absolute Gasteiger partial charge is 0.305 e. The van der Waals surface area contributed by atoms with Crippen LogP contribution in [0.1, 0.15) is 145 Å². The number of carbonyl (C=O) groups is 13. The minimum atomic E-state index is -2.36. The normalized spacial score (nSPS) is 14.9. The minimum Gasteiger partial charge on any atom is -0.494 e. The predicted octanol–water partition coefficient (Wildman–Crippen LogP) is 1.38. The van der Waals surface area contributed by atoms with E-state index in [4.69, 9.17) is 16.0 Å². The first-order valence-electron chi connectivity index (χ1n) is 38.0. The molecule has 1 aromatic heterocycles. The maximum Gasteiger partial charge on any atom is 0.305 e. The number of halogens is 1. The van der Waals surface area contributed by atoms with E-state index in [-0.39, 0.29) is 56.1 Å². The highest BCUT2D eigenvalue weighted by molar-refractivity contribution is 6.00. The minimum absolute atomic E-state index is 0.0219. The molecule has 37 heteroatoms. The number of carboxylic acids is 1. The fourth-order valence-corrected chi connectivity index (χ4v) is 12.8. The number of aliphatic hydroxyl groups excluding tert-OH is 2. The zero-order valence-electron chi connectivity index (χ0n) is 66.1. The van der Waals surface area contributed by atoms with E-state index in [1.54, 1.807) is 29.2 Å². The molecule has 1 aliphatic heterocycles. The molecule has 12 amide bonds. The molecule has 4 aromatic carbocycles. The number of nitrogens with one attached hydrogen (secondary N) is 11. The molecule has 115 heavy (non-hydrogen) atoms. The Labute approximate surface area is 664 Å². The molecular weight excluding hydrogens is 1490 g/mol. The molecule has 16 N–H and O–H groups in total. The third-order valence-corrected chi connectivity index (χ3v) is 19.1. The van der Waals surface area contributed by atoms with Gasteiger partial charge in [0.05, 0.1) is 37.2 Å². The lowest BCUT2D eigenvalue weighted by molar-refractivity contribution is -0.142. The number of aliphatic hydroxyl groups is 2. The van der Waals surface area contributed by atoms with Crippen molar-refractivity contribution in [1.82, 2.24) is 78.7 Å². The average molecular weight is 1600 g/mol. The Morgan fingerprint density at radius 2 is 1.37 bits per heavy atom. The second kappa shape index (κ2) is 44.5. The SMILES string of the molecule is CCc1cc(OCCCCN=[N+]=[N-])ccc1-c1ccc(C[C@H](NC(=O)[C@H](CC(=O)O)NC(=O)[C@H](C)NC(=O)[C@@H](NC(=O)[C@](C)(Cc2ccccc2F)NC(=O)[C@@H](NC(=O)CNC(=O)[C@H](Cc2nn[nH]n2)NC(=O)C(C)(C)CC(=O)NCCN2CCCCC2=O)[C@@H](C)O)[C@@H](C)O)C(=O)N[C@@H](CCCc2cc(C)cc(C)c2)C(N)=O)cc1. The van der Waals surface area contributed by atoms with Crippen LogP contribution in [0.2, 0.25) is 0 Å². The Hall–Kier alpha value is -12.0. The van der Waals surface area contributed by atoms with E-state index in [2.05, 4.69) is 83.8 Å². The number of aromatic amines is 1. The lowest BCUT2D eigenvalue weighted by atomic mass is 9.87. The van der Waals surface area contributed by atoms with Gasteiger partial charge in [-0.25, -0.2) is 4.39 Å². The highest BCUT2D eigenvalue weighted by atomic mass is 19.1. The number of azide groups is 1. The van der Waals surface area contributed by atoms with Crippen LogP contribution >= 0.6 is 0 Å². The van der Waals surface area contributed by atoms with Crippen molar-refractivity contribution in [2.45, 2.75) is 212 Å². The van der Waals surface area contributed by atoms with E-state index in [1.165, 1.54) is 32.0 Å². The molecule has 5 aromatic rings. The number of aliphatic carboxylic acids is 1. The van der Waals surface area contributed by atoms with Gasteiger partial charge in [-0.05, 0) is 150 Å². The molecule has 0 bridgehead atoms. The number of nitrogens with two attached hydrogens (primary N) is 1. The number of aryl methyl sites for hydroxylation is 4. The number of H-pyrrole nitrogens is 1. The Bertz CT molecular complexity index is 4270. The first-order valence-corrected chi connectivity index (χ1v) is 38.0. The molecule has 0 saturated carbocycles. The number of tetrazole rings is 1. The zero-order valence-corrected chi connectivity index (χ0v) is 66.1. The lowest BCUT2D eigenvalue weighted by Crippen LogP contribution is -2.66. The van der Waals surface area contributed by atoms with Gasteiger partial charge in [-0.3, -0.25) is 62.3 Å². The molecule has 0 unspecified atom stereocenters. The van der Waals surface area contributed by atoms with E-state index in [0.717, 1.165) is 80.0 Å². The van der Waals surface area contributed by atoms with Gasteiger partial charge in [0.25, 0.3) is 0 Å². The van der Waals surface area contributed by atoms with Crippen LogP contribution in [-0.2, 0) is 94.4 Å². The van der Waals surface area contributed by atoms with E-state index >= 15 is 4.39 Å². The number of rotatable bonds is 46. The highest BCUT2D eigenvalue weighted by Gasteiger charge is 2.43. The number of carboxylic acid groups (broad SMARTS) is 1. The summed E-state index contributed by atoms with van der Waals surface area (Å²) in [4.78, 5) is 183. The number of likely N-dealkylation sites (tertiary alicyclic amines) is 1. The van der Waals surface area contributed by atoms with Crippen LogP contribution < -0.4 is 63.6 Å². The predicted molar refractivity (Wildman–Crippen MR) is 416 cm³/mol. The summed E-state index contributed by atoms with van der Waals surface area (Å²) in [6, 6.07) is 11.8. The Morgan fingerprint density at radius 1 is 0.704 bits per heavy atom. The Balaban J connectivity index is 1.15. The van der Waals surface area contributed by atoms with Crippen LogP contribution in [0.5, 0.6) is 5.75 Å². The number of benzene rings is 4. The van der Waals surface area contributed by atoms with Gasteiger partial charge in [-0.2, -0.15) is 5.21 Å². The maximum absolute atomic E-state index is 15.5. The standard InChI is InChI=1S/C78H106FN19O17/c1-10-51-38-54(115-33-16-14-29-84-95-81)27-28-55(51)52-25-23-49(24-26-52)37-58(71(109)86-57(68(80)106)21-17-18-50-35-44(2)34-45(3)36-50)88-72(110)60(40-65(104)105)87-69(107)46(4)85-73(111)66(47(5)99)91-76(114)78(9,41-53-19-11-12-20-56(53)79)92-74(112)67(48(6)100)90-63(102)43-83-70(108)59(39-61-93-96-97-94-61)89-75(113)77(7,8)42-62(101)82-30-32-98-31-15-13-22-64(98)103/h11-12,19-20,23-28,34-36,38,46-48,57-60,66-67,99-100H,10,13-18,21-22,29-33,37,39-43H2,1-9H3,(H2,80,106)(H,82,101)(H,83,108)(H,85,111)(H,86,109)(H,87,107)(H,88,110)(H,89,113)(H,90,102)(H,91,114)(H,92,112)(H,104,105)(H,93,94,96,97)/t46-,47+,48+,57-,58-,59-,60-,66-,67-,78-/m0/s1. The first kappa shape index (κ1) is 91.9. The number of hydrogen-bond acceptors (Lipinski definition) is 20. The van der Waals surface area contributed by atoms with Gasteiger partial charge in [-0.1, -0.05) is 109 Å². The molecule has 0 radical (unpaired) electrons. The van der Waals surface area contributed by atoms with Crippen LogP contribution in [-0.4, -0.2) is 217 Å². The summed E-state index contributed by atoms with van der Waals surface area (Å²) in [5, 5.41) is 73.5. The van der Waals surface area contributed by atoms with Gasteiger partial charge >= 0.3 is 5.97 Å². The van der Waals surface area contributed by atoms with Crippen molar-refractivity contribution in [3.63, 3.8) is 0 Å². The molecule has 36 nitrogen and oxygen atoms in total. The van der Waals surface area contributed by atoms with E-state index in [1.807, 2.05) is 57.2 Å². The third kappa shape index (κ3) is 29.5. The molecule has 10 atom stereocenters. The van der Waals surface area contributed by atoms with E-state index < -0.39 is 162 Å². The summed E-state index contributed by atoms with van der Waals surface area (Å²) in [5.74, 6) is -13.2. The van der Waals surface area contributed by atoms with Crippen molar-refractivity contribution in [3.8, 4) is 16.9 Å². The van der Waals surface area contributed by atoms with Crippen molar-refractivity contribution in [2.75, 3.05) is 39.3 Å². The second-order valence-electron chi connectivity index (χ2n) is 29.5. The quantitative estimate of drug-likeness (QED) is 0.0113. The molecule has 0 spiro atoms. The lowest BCUT2D eigenvalue weighted by Gasteiger charge is -2.34. The first-order chi connectivity index (χ1) is 54.5. The van der Waals surface area contributed by atoms with Crippen molar-refractivity contribution >= 4 is 76.9 Å². The average Bonchev–Trinajstić information content (AvgIpc) is 1.11. The summed E-state index contributed by atoms with van der Waals surface area (Å²) in [5.41, 5.74) is 16.6.